The van der Waals surface area contributed by atoms with E-state index in [0.29, 0.717) is 5.95 Å². The summed E-state index contributed by atoms with van der Waals surface area (Å²) in [4.78, 5) is 13.6. The van der Waals surface area contributed by atoms with Crippen LogP contribution in [0.4, 0.5) is 11.8 Å². The number of aromatic nitrogens is 3. The van der Waals surface area contributed by atoms with Crippen molar-refractivity contribution in [2.75, 3.05) is 23.8 Å². The van der Waals surface area contributed by atoms with Gasteiger partial charge in [-0.3, -0.25) is 4.98 Å². The molecule has 1 aromatic carbocycles. The number of nitrogens with zero attached hydrogens (tertiary/aromatic N) is 3. The average Bonchev–Trinajstić information content (AvgIpc) is 2.73. The summed E-state index contributed by atoms with van der Waals surface area (Å²) in [7, 11) is 0. The van der Waals surface area contributed by atoms with Crippen LogP contribution >= 0.6 is 0 Å². The molecule has 0 spiro atoms. The Kier molecular flexibility index (Phi) is 6.92. The summed E-state index contributed by atoms with van der Waals surface area (Å²) < 4.78 is 0. The molecular weight excluding hydrogens is 350 g/mol. The third kappa shape index (κ3) is 5.50. The Bertz CT molecular complexity index is 855. The molecule has 3 aromatic rings. The summed E-state index contributed by atoms with van der Waals surface area (Å²) in [6, 6.07) is 17.8. The van der Waals surface area contributed by atoms with Crippen molar-refractivity contribution < 1.29 is 5.11 Å². The largest absolute Gasteiger partial charge is 0.394 e. The topological polar surface area (TPSA) is 83.0 Å². The van der Waals surface area contributed by atoms with Gasteiger partial charge in [0.1, 0.15) is 5.82 Å². The second kappa shape index (κ2) is 9.80. The molecule has 3 N–H and O–H groups in total. The molecule has 2 aromatic heterocycles. The highest BCUT2D eigenvalue weighted by Gasteiger charge is 2.15. The fraction of sp³-hybridized carbons (Fsp3) is 0.318. The predicted molar refractivity (Wildman–Crippen MR) is 113 cm³/mol. The van der Waals surface area contributed by atoms with Gasteiger partial charge in [-0.15, -0.1) is 0 Å². The Morgan fingerprint density at radius 3 is 2.46 bits per heavy atom. The minimum Gasteiger partial charge on any atom is -0.394 e. The van der Waals surface area contributed by atoms with Crippen molar-refractivity contribution in [3.8, 4) is 11.3 Å². The van der Waals surface area contributed by atoms with E-state index in [1.807, 2.05) is 54.6 Å². The van der Waals surface area contributed by atoms with Crippen LogP contribution in [0, 0.1) is 5.92 Å². The maximum absolute atomic E-state index is 9.64. The van der Waals surface area contributed by atoms with Gasteiger partial charge in [0.15, 0.2) is 0 Å². The van der Waals surface area contributed by atoms with Crippen LogP contribution in [0.15, 0.2) is 60.8 Å². The number of benzene rings is 1. The van der Waals surface area contributed by atoms with Crippen LogP contribution in [0.1, 0.15) is 19.5 Å². The minimum absolute atomic E-state index is 0.0268. The first-order valence-electron chi connectivity index (χ1n) is 9.61. The summed E-state index contributed by atoms with van der Waals surface area (Å²) in [5, 5.41) is 16.3. The molecule has 28 heavy (non-hydrogen) atoms. The zero-order valence-corrected chi connectivity index (χ0v) is 16.3. The summed E-state index contributed by atoms with van der Waals surface area (Å²) in [6.07, 6.45) is 2.61. The number of pyridine rings is 1. The smallest absolute Gasteiger partial charge is 0.225 e. The van der Waals surface area contributed by atoms with E-state index in [9.17, 15) is 5.11 Å². The molecular formula is C22H27N5O. The van der Waals surface area contributed by atoms with Crippen molar-refractivity contribution in [1.82, 2.24) is 15.0 Å². The quantitative estimate of drug-likeness (QED) is 0.528. The van der Waals surface area contributed by atoms with Crippen molar-refractivity contribution in [2.24, 2.45) is 5.92 Å². The lowest BCUT2D eigenvalue weighted by molar-refractivity contribution is 0.248. The number of hydrogen-bond acceptors (Lipinski definition) is 6. The zero-order chi connectivity index (χ0) is 19.8. The predicted octanol–water partition coefficient (Wildman–Crippen LogP) is 3.62. The molecule has 0 aliphatic carbocycles. The fourth-order valence-electron chi connectivity index (χ4n) is 2.81. The van der Waals surface area contributed by atoms with E-state index in [1.54, 1.807) is 6.20 Å². The first kappa shape index (κ1) is 19.8. The normalized spacial score (nSPS) is 12.0. The summed E-state index contributed by atoms with van der Waals surface area (Å²) in [6.45, 7) is 4.86. The monoisotopic (exact) mass is 377 g/mol. The molecule has 0 aliphatic heterocycles. The molecule has 6 nitrogen and oxygen atoms in total. The maximum Gasteiger partial charge on any atom is 0.225 e. The van der Waals surface area contributed by atoms with Crippen LogP contribution in [0.25, 0.3) is 11.3 Å². The second-order valence-corrected chi connectivity index (χ2v) is 7.00. The molecule has 0 radical (unpaired) electrons. The lowest BCUT2D eigenvalue weighted by atomic mass is 10.1. The van der Waals surface area contributed by atoms with Crippen molar-refractivity contribution >= 4 is 11.8 Å². The third-order valence-electron chi connectivity index (χ3n) is 4.53. The summed E-state index contributed by atoms with van der Waals surface area (Å²) in [5.74, 6) is 1.51. The standard InChI is InChI=1S/C22H27N5O/c1-16(2)20(15-28)26-22-25-19(17-8-4-3-5-9-17)14-21(27-22)24-13-11-18-10-6-7-12-23-18/h3-10,12,14,16,20,28H,11,13,15H2,1-2H3,(H2,24,25,26,27)/t20-/m0/s1. The van der Waals surface area contributed by atoms with E-state index in [4.69, 9.17) is 0 Å². The second-order valence-electron chi connectivity index (χ2n) is 7.00. The van der Waals surface area contributed by atoms with Crippen molar-refractivity contribution in [3.05, 3.63) is 66.5 Å². The van der Waals surface area contributed by atoms with E-state index in [2.05, 4.69) is 39.4 Å². The molecule has 0 bridgehead atoms. The van der Waals surface area contributed by atoms with Gasteiger partial charge in [0.2, 0.25) is 5.95 Å². The molecule has 0 fully saturated rings. The van der Waals surface area contributed by atoms with Gasteiger partial charge >= 0.3 is 0 Å². The fourth-order valence-corrected chi connectivity index (χ4v) is 2.81. The lowest BCUT2D eigenvalue weighted by Gasteiger charge is -2.20. The first-order chi connectivity index (χ1) is 13.7. The molecule has 3 rings (SSSR count). The number of hydrogen-bond donors (Lipinski definition) is 3. The SMILES string of the molecule is CC(C)[C@H](CO)Nc1nc(NCCc2ccccn2)cc(-c2ccccc2)n1. The van der Waals surface area contributed by atoms with Crippen LogP contribution < -0.4 is 10.6 Å². The van der Waals surface area contributed by atoms with E-state index < -0.39 is 0 Å². The number of nitrogens with one attached hydrogen (secondary N) is 2. The highest BCUT2D eigenvalue weighted by atomic mass is 16.3. The van der Waals surface area contributed by atoms with E-state index in [1.165, 1.54) is 0 Å². The number of aliphatic hydroxyl groups excluding tert-OH is 1. The van der Waals surface area contributed by atoms with Crippen LogP contribution in [-0.2, 0) is 6.42 Å². The van der Waals surface area contributed by atoms with Crippen LogP contribution in [-0.4, -0.2) is 39.3 Å². The molecule has 0 amide bonds. The minimum atomic E-state index is -0.104. The number of rotatable bonds is 9. The van der Waals surface area contributed by atoms with Gasteiger partial charge in [-0.2, -0.15) is 4.98 Å². The molecule has 2 heterocycles. The Morgan fingerprint density at radius 2 is 1.79 bits per heavy atom. The number of anilines is 2. The van der Waals surface area contributed by atoms with Crippen molar-refractivity contribution in [1.29, 1.82) is 0 Å². The molecule has 0 unspecified atom stereocenters. The van der Waals surface area contributed by atoms with Crippen molar-refractivity contribution in [2.45, 2.75) is 26.3 Å². The molecule has 0 aliphatic rings. The van der Waals surface area contributed by atoms with Gasteiger partial charge < -0.3 is 15.7 Å². The molecule has 0 saturated carbocycles. The number of aliphatic hydroxyl groups is 1. The Hall–Kier alpha value is -2.99. The van der Waals surface area contributed by atoms with E-state index in [-0.39, 0.29) is 18.6 Å². The van der Waals surface area contributed by atoms with Crippen LogP contribution in [0.3, 0.4) is 0 Å². The molecule has 0 saturated heterocycles. The van der Waals surface area contributed by atoms with E-state index >= 15 is 0 Å². The van der Waals surface area contributed by atoms with Crippen molar-refractivity contribution in [3.63, 3.8) is 0 Å². The first-order valence-corrected chi connectivity index (χ1v) is 9.61. The zero-order valence-electron chi connectivity index (χ0n) is 16.3. The Labute approximate surface area is 166 Å². The van der Waals surface area contributed by atoms with Gasteiger partial charge in [-0.25, -0.2) is 4.98 Å². The van der Waals surface area contributed by atoms with Crippen LogP contribution in [0.5, 0.6) is 0 Å². The van der Waals surface area contributed by atoms with Gasteiger partial charge in [0, 0.05) is 36.5 Å². The third-order valence-corrected chi connectivity index (χ3v) is 4.53. The highest BCUT2D eigenvalue weighted by molar-refractivity contribution is 5.64. The Balaban J connectivity index is 1.80. The van der Waals surface area contributed by atoms with Gasteiger partial charge in [-0.1, -0.05) is 50.2 Å². The molecule has 146 valence electrons. The van der Waals surface area contributed by atoms with Gasteiger partial charge in [0.25, 0.3) is 0 Å². The molecule has 6 heteroatoms. The maximum atomic E-state index is 9.64. The van der Waals surface area contributed by atoms with E-state index in [0.717, 1.165) is 35.7 Å². The Morgan fingerprint density at radius 1 is 1.00 bits per heavy atom. The van der Waals surface area contributed by atoms with Crippen LogP contribution in [0.2, 0.25) is 0 Å². The summed E-state index contributed by atoms with van der Waals surface area (Å²) >= 11 is 0. The highest BCUT2D eigenvalue weighted by Crippen LogP contribution is 2.22. The van der Waals surface area contributed by atoms with Gasteiger partial charge in [-0.05, 0) is 18.1 Å². The molecule has 1 atom stereocenters. The average molecular weight is 377 g/mol. The summed E-state index contributed by atoms with van der Waals surface area (Å²) in [5.41, 5.74) is 2.88. The lowest BCUT2D eigenvalue weighted by Crippen LogP contribution is -2.30. The van der Waals surface area contributed by atoms with Gasteiger partial charge in [0.05, 0.1) is 18.3 Å².